The van der Waals surface area contributed by atoms with Crippen LogP contribution in [-0.2, 0) is 10.2 Å². The van der Waals surface area contributed by atoms with Gasteiger partial charge in [0.1, 0.15) is 0 Å². The molecule has 1 spiro atoms. The van der Waals surface area contributed by atoms with Gasteiger partial charge in [-0.15, -0.1) is 0 Å². The lowest BCUT2D eigenvalue weighted by Gasteiger charge is -2.39. The van der Waals surface area contributed by atoms with Gasteiger partial charge in [-0.25, -0.2) is 0 Å². The summed E-state index contributed by atoms with van der Waals surface area (Å²) < 4.78 is 0. The van der Waals surface area contributed by atoms with Crippen LogP contribution in [0.2, 0.25) is 6.82 Å². The van der Waals surface area contributed by atoms with Crippen LogP contribution in [0.3, 0.4) is 0 Å². The van der Waals surface area contributed by atoms with Crippen molar-refractivity contribution in [3.63, 3.8) is 0 Å². The van der Waals surface area contributed by atoms with Gasteiger partial charge in [0.2, 0.25) is 5.91 Å². The maximum absolute atomic E-state index is 13.8. The minimum absolute atomic E-state index is 0.154. The van der Waals surface area contributed by atoms with Gasteiger partial charge in [-0.3, -0.25) is 9.69 Å². The molecule has 5 rings (SSSR count). The second-order valence-corrected chi connectivity index (χ2v) is 8.32. The van der Waals surface area contributed by atoms with Gasteiger partial charge in [0.25, 0.3) is 0 Å². The Morgan fingerprint density at radius 2 is 1.43 bits per heavy atom. The molecule has 2 aliphatic heterocycles. The number of piperidine rings is 1. The van der Waals surface area contributed by atoms with Crippen molar-refractivity contribution in [1.82, 2.24) is 4.81 Å². The van der Waals surface area contributed by atoms with Crippen molar-refractivity contribution in [2.45, 2.75) is 25.1 Å². The lowest BCUT2D eigenvalue weighted by Crippen LogP contribution is -2.51. The molecule has 0 atom stereocenters. The summed E-state index contributed by atoms with van der Waals surface area (Å²) in [5.41, 5.74) is 4.81. The van der Waals surface area contributed by atoms with E-state index in [2.05, 4.69) is 30.3 Å². The lowest BCUT2D eigenvalue weighted by atomic mass is 9.70. The number of anilines is 2. The van der Waals surface area contributed by atoms with Gasteiger partial charge >= 0.3 is 7.05 Å². The maximum Gasteiger partial charge on any atom is 0.376 e. The molecule has 0 radical (unpaired) electrons. The second kappa shape index (κ2) is 7.42. The highest BCUT2D eigenvalue weighted by molar-refractivity contribution is 6.45. The number of benzene rings is 3. The summed E-state index contributed by atoms with van der Waals surface area (Å²) in [5.74, 6) is 0.154. The van der Waals surface area contributed by atoms with E-state index < -0.39 is 12.5 Å². The van der Waals surface area contributed by atoms with Gasteiger partial charge in [-0.05, 0) is 67.6 Å². The first-order valence-electron chi connectivity index (χ1n) is 10.6. The molecule has 30 heavy (non-hydrogen) atoms. The van der Waals surface area contributed by atoms with Gasteiger partial charge in [0.05, 0.1) is 11.1 Å². The Labute approximate surface area is 177 Å². The number of nitrogens with zero attached hydrogens (tertiary/aromatic N) is 2. The zero-order chi connectivity index (χ0) is 20.7. The Kier molecular flexibility index (Phi) is 4.72. The van der Waals surface area contributed by atoms with Crippen LogP contribution >= 0.6 is 0 Å². The van der Waals surface area contributed by atoms with Crippen LogP contribution in [0.1, 0.15) is 18.4 Å². The lowest BCUT2D eigenvalue weighted by molar-refractivity contribution is -0.123. The molecule has 0 bridgehead atoms. The molecule has 0 aromatic heterocycles. The molecule has 3 aromatic carbocycles. The molecule has 1 amide bonds. The normalized spacial score (nSPS) is 17.9. The highest BCUT2D eigenvalue weighted by Gasteiger charge is 2.52. The predicted molar refractivity (Wildman–Crippen MR) is 122 cm³/mol. The molecule has 0 saturated carbocycles. The monoisotopic (exact) mass is 396 g/mol. The van der Waals surface area contributed by atoms with Crippen LogP contribution in [0.15, 0.2) is 78.9 Å². The first-order chi connectivity index (χ1) is 14.6. The van der Waals surface area contributed by atoms with E-state index in [-0.39, 0.29) is 5.91 Å². The Morgan fingerprint density at radius 1 is 0.833 bits per heavy atom. The summed E-state index contributed by atoms with van der Waals surface area (Å²) in [7, 11) is -0.476. The van der Waals surface area contributed by atoms with E-state index in [9.17, 15) is 9.82 Å². The van der Waals surface area contributed by atoms with Crippen LogP contribution in [0.5, 0.6) is 0 Å². The van der Waals surface area contributed by atoms with Crippen LogP contribution in [-0.4, -0.2) is 35.9 Å². The predicted octanol–water partition coefficient (Wildman–Crippen LogP) is 4.48. The van der Waals surface area contributed by atoms with Crippen molar-refractivity contribution in [2.75, 3.05) is 18.0 Å². The van der Waals surface area contributed by atoms with Crippen molar-refractivity contribution >= 4 is 24.3 Å². The largest absolute Gasteiger partial charge is 0.437 e. The average Bonchev–Trinajstić information content (AvgIpc) is 3.03. The van der Waals surface area contributed by atoms with Crippen molar-refractivity contribution in [2.24, 2.45) is 0 Å². The number of carbonyl (C=O) groups is 1. The Bertz CT molecular complexity index is 1060. The van der Waals surface area contributed by atoms with E-state index in [0.717, 1.165) is 48.4 Å². The highest BCUT2D eigenvalue weighted by Crippen LogP contribution is 2.50. The summed E-state index contributed by atoms with van der Waals surface area (Å²) in [6.45, 7) is 3.24. The molecule has 1 saturated heterocycles. The van der Waals surface area contributed by atoms with Gasteiger partial charge in [-0.1, -0.05) is 60.7 Å². The van der Waals surface area contributed by atoms with E-state index in [1.54, 1.807) is 6.82 Å². The summed E-state index contributed by atoms with van der Waals surface area (Å²) >= 11 is 0. The number of para-hydroxylation sites is 1. The Balaban J connectivity index is 1.50. The molecule has 5 heteroatoms. The number of hydrogen-bond donors (Lipinski definition) is 1. The van der Waals surface area contributed by atoms with E-state index in [1.807, 2.05) is 58.2 Å². The first kappa shape index (κ1) is 19.1. The molecule has 1 N–H and O–H groups in total. The van der Waals surface area contributed by atoms with Gasteiger partial charge < -0.3 is 9.83 Å². The third kappa shape index (κ3) is 2.97. The molecular weight excluding hydrogens is 371 g/mol. The quantitative estimate of drug-likeness (QED) is 0.665. The zero-order valence-corrected chi connectivity index (χ0v) is 17.2. The van der Waals surface area contributed by atoms with Crippen LogP contribution < -0.4 is 4.90 Å². The number of fused-ring (bicyclic) bond motifs is 2. The molecule has 1 fully saturated rings. The molecule has 3 aromatic rings. The van der Waals surface area contributed by atoms with Crippen molar-refractivity contribution in [1.29, 1.82) is 0 Å². The maximum atomic E-state index is 13.8. The summed E-state index contributed by atoms with van der Waals surface area (Å²) in [6.07, 6.45) is 1.46. The van der Waals surface area contributed by atoms with Crippen molar-refractivity contribution < 1.29 is 9.82 Å². The summed E-state index contributed by atoms with van der Waals surface area (Å²) in [4.78, 5) is 17.7. The second-order valence-electron chi connectivity index (χ2n) is 8.32. The number of carbonyl (C=O) groups excluding carboxylic acids is 1. The third-order valence-corrected chi connectivity index (χ3v) is 6.69. The molecule has 150 valence electrons. The van der Waals surface area contributed by atoms with Crippen molar-refractivity contribution in [3.8, 4) is 11.1 Å². The minimum Gasteiger partial charge on any atom is -0.437 e. The fourth-order valence-corrected chi connectivity index (χ4v) is 4.96. The van der Waals surface area contributed by atoms with Gasteiger partial charge in [0, 0.05) is 5.69 Å². The topological polar surface area (TPSA) is 43.8 Å². The molecule has 0 aliphatic carbocycles. The number of hydrogen-bond acceptors (Lipinski definition) is 3. The molecule has 4 nitrogen and oxygen atoms in total. The fourth-order valence-electron chi connectivity index (χ4n) is 4.96. The summed E-state index contributed by atoms with van der Waals surface area (Å²) in [6, 6.07) is 26.7. The van der Waals surface area contributed by atoms with Gasteiger partial charge in [0.15, 0.2) is 0 Å². The molecule has 0 unspecified atom stereocenters. The van der Waals surface area contributed by atoms with Crippen LogP contribution in [0.4, 0.5) is 11.4 Å². The average molecular weight is 396 g/mol. The number of amides is 1. The zero-order valence-electron chi connectivity index (χ0n) is 17.2. The minimum atomic E-state index is -0.500. The standard InChI is InChI=1S/C25H25BN2O2/c1-26(30)27-17-15-25(16-18-27)22-9-5-6-10-23(22)28(24(25)29)21-13-11-20(12-14-21)19-7-3-2-4-8-19/h2-14,30H,15-18H2,1H3. The van der Waals surface area contributed by atoms with Crippen LogP contribution in [0.25, 0.3) is 11.1 Å². The van der Waals surface area contributed by atoms with Crippen molar-refractivity contribution in [3.05, 3.63) is 84.4 Å². The molecule has 2 aliphatic rings. The first-order valence-corrected chi connectivity index (χ1v) is 10.6. The fraction of sp³-hybridized carbons (Fsp3) is 0.240. The molecule has 2 heterocycles. The van der Waals surface area contributed by atoms with Gasteiger partial charge in [-0.2, -0.15) is 0 Å². The Morgan fingerprint density at radius 3 is 2.10 bits per heavy atom. The SMILES string of the molecule is CB(O)N1CCC2(CC1)C(=O)N(c1ccc(-c3ccccc3)cc1)c1ccccc12. The Hall–Kier alpha value is -2.89. The third-order valence-electron chi connectivity index (χ3n) is 6.69. The number of rotatable bonds is 3. The smallest absolute Gasteiger partial charge is 0.376 e. The van der Waals surface area contributed by atoms with E-state index >= 15 is 0 Å². The molecular formula is C25H25BN2O2. The van der Waals surface area contributed by atoms with E-state index in [4.69, 9.17) is 0 Å². The van der Waals surface area contributed by atoms with E-state index in [0.29, 0.717) is 0 Å². The highest BCUT2D eigenvalue weighted by atomic mass is 16.2. The van der Waals surface area contributed by atoms with Crippen LogP contribution in [0, 0.1) is 0 Å². The van der Waals surface area contributed by atoms with E-state index in [1.165, 1.54) is 5.56 Å². The summed E-state index contributed by atoms with van der Waals surface area (Å²) in [5, 5.41) is 9.95.